The predicted octanol–water partition coefficient (Wildman–Crippen LogP) is 5.05. The number of fused-ring (bicyclic) bond motifs is 1. The number of nitrogens with one attached hydrogen (secondary N) is 1. The van der Waals surface area contributed by atoms with E-state index in [4.69, 9.17) is 4.74 Å². The molecular formula is C21H17N3O. The van der Waals surface area contributed by atoms with Crippen LogP contribution in [0.25, 0.3) is 22.0 Å². The van der Waals surface area contributed by atoms with Crippen LogP contribution in [0.1, 0.15) is 0 Å². The lowest BCUT2D eigenvalue weighted by Gasteiger charge is -2.11. The second-order valence-corrected chi connectivity index (χ2v) is 5.65. The van der Waals surface area contributed by atoms with E-state index in [1.54, 1.807) is 13.4 Å². The fourth-order valence-electron chi connectivity index (χ4n) is 2.87. The Hall–Kier alpha value is -3.40. The molecule has 0 radical (unpaired) electrons. The van der Waals surface area contributed by atoms with Crippen molar-refractivity contribution in [2.45, 2.75) is 0 Å². The summed E-state index contributed by atoms with van der Waals surface area (Å²) >= 11 is 0. The van der Waals surface area contributed by atoms with Gasteiger partial charge in [0.15, 0.2) is 0 Å². The van der Waals surface area contributed by atoms with Crippen molar-refractivity contribution in [1.29, 1.82) is 0 Å². The molecule has 122 valence electrons. The van der Waals surface area contributed by atoms with Crippen molar-refractivity contribution in [3.8, 4) is 16.9 Å². The summed E-state index contributed by atoms with van der Waals surface area (Å²) in [7, 11) is 1.69. The molecule has 1 aromatic heterocycles. The third-order valence-corrected chi connectivity index (χ3v) is 4.09. The van der Waals surface area contributed by atoms with Gasteiger partial charge in [-0.2, -0.15) is 0 Å². The third kappa shape index (κ3) is 3.02. The lowest BCUT2D eigenvalue weighted by molar-refractivity contribution is 0.416. The molecule has 0 saturated heterocycles. The Morgan fingerprint density at radius 3 is 2.48 bits per heavy atom. The molecule has 0 bridgehead atoms. The summed E-state index contributed by atoms with van der Waals surface area (Å²) in [6, 6.07) is 24.1. The van der Waals surface area contributed by atoms with Gasteiger partial charge < -0.3 is 10.1 Å². The Balaban J connectivity index is 1.83. The van der Waals surface area contributed by atoms with Crippen molar-refractivity contribution in [2.75, 3.05) is 12.4 Å². The zero-order valence-electron chi connectivity index (χ0n) is 13.8. The molecule has 0 aliphatic carbocycles. The van der Waals surface area contributed by atoms with Gasteiger partial charge in [0.05, 0.1) is 12.6 Å². The van der Waals surface area contributed by atoms with Crippen molar-refractivity contribution in [1.82, 2.24) is 9.97 Å². The third-order valence-electron chi connectivity index (χ3n) is 4.09. The highest BCUT2D eigenvalue weighted by Gasteiger charge is 2.09. The number of anilines is 2. The first kappa shape index (κ1) is 15.1. The Labute approximate surface area is 146 Å². The minimum absolute atomic E-state index is 0.785. The fourth-order valence-corrected chi connectivity index (χ4v) is 2.87. The van der Waals surface area contributed by atoms with Crippen molar-refractivity contribution in [3.05, 3.63) is 79.1 Å². The molecule has 1 N–H and O–H groups in total. The van der Waals surface area contributed by atoms with Crippen molar-refractivity contribution >= 4 is 22.4 Å². The number of aromatic nitrogens is 2. The van der Waals surface area contributed by atoms with Gasteiger partial charge in [0.2, 0.25) is 0 Å². The highest BCUT2D eigenvalue weighted by molar-refractivity contribution is 5.94. The maximum Gasteiger partial charge on any atom is 0.141 e. The summed E-state index contributed by atoms with van der Waals surface area (Å²) in [6.07, 6.45) is 1.58. The van der Waals surface area contributed by atoms with E-state index >= 15 is 0 Å². The average molecular weight is 327 g/mol. The molecule has 4 aromatic rings. The Morgan fingerprint density at radius 2 is 1.64 bits per heavy atom. The highest BCUT2D eigenvalue weighted by Crippen LogP contribution is 2.33. The number of hydrogen-bond donors (Lipinski definition) is 1. The van der Waals surface area contributed by atoms with Gasteiger partial charge in [-0.1, -0.05) is 42.5 Å². The minimum Gasteiger partial charge on any atom is -0.496 e. The van der Waals surface area contributed by atoms with E-state index in [0.717, 1.165) is 39.3 Å². The van der Waals surface area contributed by atoms with E-state index in [9.17, 15) is 0 Å². The van der Waals surface area contributed by atoms with E-state index in [0.29, 0.717) is 0 Å². The molecular weight excluding hydrogens is 310 g/mol. The molecule has 0 aliphatic rings. The van der Waals surface area contributed by atoms with E-state index < -0.39 is 0 Å². The van der Waals surface area contributed by atoms with Crippen molar-refractivity contribution < 1.29 is 4.74 Å². The second kappa shape index (κ2) is 6.61. The number of rotatable bonds is 4. The molecule has 0 fully saturated rings. The predicted molar refractivity (Wildman–Crippen MR) is 101 cm³/mol. The van der Waals surface area contributed by atoms with Crippen LogP contribution in [0.4, 0.5) is 11.5 Å². The largest absolute Gasteiger partial charge is 0.496 e. The van der Waals surface area contributed by atoms with Crippen molar-refractivity contribution in [2.24, 2.45) is 0 Å². The van der Waals surface area contributed by atoms with E-state index in [1.807, 2.05) is 60.7 Å². The maximum absolute atomic E-state index is 5.49. The van der Waals surface area contributed by atoms with Crippen LogP contribution in [0.15, 0.2) is 79.1 Å². The number of para-hydroxylation sites is 2. The number of methoxy groups -OCH3 is 1. The van der Waals surface area contributed by atoms with E-state index in [2.05, 4.69) is 27.4 Å². The molecule has 0 saturated carbocycles. The molecule has 3 aromatic carbocycles. The fraction of sp³-hybridized carbons (Fsp3) is 0.0476. The number of hydrogen-bond acceptors (Lipinski definition) is 4. The van der Waals surface area contributed by atoms with E-state index in [-0.39, 0.29) is 0 Å². The zero-order valence-corrected chi connectivity index (χ0v) is 13.8. The summed E-state index contributed by atoms with van der Waals surface area (Å²) in [6.45, 7) is 0. The van der Waals surface area contributed by atoms with Gasteiger partial charge in [-0.25, -0.2) is 9.97 Å². The van der Waals surface area contributed by atoms with E-state index in [1.165, 1.54) is 0 Å². The zero-order chi connectivity index (χ0) is 17.1. The molecule has 1 heterocycles. The summed E-state index contributed by atoms with van der Waals surface area (Å²) in [4.78, 5) is 8.80. The number of benzene rings is 3. The molecule has 0 amide bonds. The van der Waals surface area contributed by atoms with Crippen LogP contribution in [0.2, 0.25) is 0 Å². The van der Waals surface area contributed by atoms with Gasteiger partial charge in [0, 0.05) is 16.6 Å². The van der Waals surface area contributed by atoms with Crippen LogP contribution in [0, 0.1) is 0 Å². The van der Waals surface area contributed by atoms with Gasteiger partial charge in [0.25, 0.3) is 0 Å². The Kier molecular flexibility index (Phi) is 4.01. The lowest BCUT2D eigenvalue weighted by Crippen LogP contribution is -1.96. The summed E-state index contributed by atoms with van der Waals surface area (Å²) in [5, 5.41) is 4.34. The van der Waals surface area contributed by atoms with Crippen LogP contribution in [0.3, 0.4) is 0 Å². The first-order chi connectivity index (χ1) is 12.3. The van der Waals surface area contributed by atoms with Crippen LogP contribution < -0.4 is 10.1 Å². The topological polar surface area (TPSA) is 47.0 Å². The molecule has 4 nitrogen and oxygen atoms in total. The lowest BCUT2D eigenvalue weighted by atomic mass is 10.0. The molecule has 4 heteroatoms. The second-order valence-electron chi connectivity index (χ2n) is 5.65. The summed E-state index contributed by atoms with van der Waals surface area (Å²) < 4.78 is 5.49. The summed E-state index contributed by atoms with van der Waals surface area (Å²) in [5.41, 5.74) is 3.99. The minimum atomic E-state index is 0.785. The van der Waals surface area contributed by atoms with Crippen molar-refractivity contribution in [3.63, 3.8) is 0 Å². The first-order valence-electron chi connectivity index (χ1n) is 8.05. The highest BCUT2D eigenvalue weighted by atomic mass is 16.5. The monoisotopic (exact) mass is 327 g/mol. The Bertz CT molecular complexity index is 1020. The normalized spacial score (nSPS) is 10.6. The molecule has 4 rings (SSSR count). The van der Waals surface area contributed by atoms with Gasteiger partial charge >= 0.3 is 0 Å². The smallest absolute Gasteiger partial charge is 0.141 e. The first-order valence-corrected chi connectivity index (χ1v) is 8.05. The van der Waals surface area contributed by atoms with Gasteiger partial charge in [-0.05, 0) is 35.9 Å². The van der Waals surface area contributed by atoms with Crippen LogP contribution >= 0.6 is 0 Å². The number of ether oxygens (including phenoxy) is 1. The van der Waals surface area contributed by atoms with Crippen LogP contribution in [0.5, 0.6) is 5.75 Å². The molecule has 25 heavy (non-hydrogen) atoms. The van der Waals surface area contributed by atoms with Gasteiger partial charge in [-0.15, -0.1) is 0 Å². The molecule has 0 aliphatic heterocycles. The van der Waals surface area contributed by atoms with Crippen LogP contribution in [-0.4, -0.2) is 17.1 Å². The Morgan fingerprint density at radius 1 is 0.840 bits per heavy atom. The summed E-state index contributed by atoms with van der Waals surface area (Å²) in [5.74, 6) is 1.63. The van der Waals surface area contributed by atoms with Crippen LogP contribution in [-0.2, 0) is 0 Å². The maximum atomic E-state index is 5.49. The molecule has 0 atom stereocenters. The SMILES string of the molecule is COc1ccccc1-c1ccc2ncnc(Nc3ccccc3)c2c1. The van der Waals surface area contributed by atoms with Gasteiger partial charge in [-0.3, -0.25) is 0 Å². The molecule has 0 spiro atoms. The quantitative estimate of drug-likeness (QED) is 0.570. The number of nitrogens with zero attached hydrogens (tertiary/aromatic N) is 2. The average Bonchev–Trinajstić information content (AvgIpc) is 2.69. The standard InChI is InChI=1S/C21H17N3O/c1-25-20-10-6-5-9-17(20)15-11-12-19-18(13-15)21(23-14-22-19)24-16-7-3-2-4-8-16/h2-14H,1H3,(H,22,23,24). The molecule has 0 unspecified atom stereocenters. The van der Waals surface area contributed by atoms with Gasteiger partial charge in [0.1, 0.15) is 17.9 Å².